The van der Waals surface area contributed by atoms with Gasteiger partial charge in [0.25, 0.3) is 5.91 Å². The highest BCUT2D eigenvalue weighted by Gasteiger charge is 2.23. The van der Waals surface area contributed by atoms with Crippen LogP contribution in [-0.2, 0) is 11.2 Å². The van der Waals surface area contributed by atoms with Gasteiger partial charge in [-0.05, 0) is 82.1 Å². The third kappa shape index (κ3) is 5.20. The number of aromatic nitrogens is 1. The third-order valence-electron chi connectivity index (χ3n) is 6.69. The molecule has 4 rings (SSSR count). The fraction of sp³-hybridized carbons (Fsp3) is 0.333. The van der Waals surface area contributed by atoms with Crippen LogP contribution in [0.5, 0.6) is 0 Å². The Bertz CT molecular complexity index is 1180. The summed E-state index contributed by atoms with van der Waals surface area (Å²) >= 11 is 0. The normalized spacial score (nSPS) is 14.8. The molecule has 2 heterocycles. The zero-order chi connectivity index (χ0) is 24.2. The van der Waals surface area contributed by atoms with E-state index in [0.717, 1.165) is 44.6 Å². The molecule has 7 heteroatoms. The lowest BCUT2D eigenvalue weighted by atomic mass is 9.96. The first-order valence-electron chi connectivity index (χ1n) is 11.7. The van der Waals surface area contributed by atoms with Crippen LogP contribution in [0.3, 0.4) is 0 Å². The maximum absolute atomic E-state index is 14.3. The molecule has 3 N–H and O–H groups in total. The van der Waals surface area contributed by atoms with Crippen LogP contribution in [0.2, 0.25) is 0 Å². The minimum atomic E-state index is -0.330. The number of anilines is 1. The molecule has 34 heavy (non-hydrogen) atoms. The quantitative estimate of drug-likeness (QED) is 0.552. The first kappa shape index (κ1) is 23.7. The zero-order valence-corrected chi connectivity index (χ0v) is 19.7. The number of hydrogen-bond acceptors (Lipinski definition) is 3. The van der Waals surface area contributed by atoms with E-state index in [9.17, 15) is 14.0 Å². The van der Waals surface area contributed by atoms with Crippen molar-refractivity contribution in [2.45, 2.75) is 33.1 Å². The van der Waals surface area contributed by atoms with Gasteiger partial charge < -0.3 is 20.5 Å². The predicted molar refractivity (Wildman–Crippen MR) is 132 cm³/mol. The number of nitrogens with two attached hydrogens (primary N) is 1. The number of benzene rings is 2. The van der Waals surface area contributed by atoms with Gasteiger partial charge in [0.15, 0.2) is 0 Å². The molecule has 178 valence electrons. The average Bonchev–Trinajstić information content (AvgIpc) is 3.13. The van der Waals surface area contributed by atoms with Crippen LogP contribution in [0.25, 0.3) is 5.69 Å². The molecule has 2 aromatic carbocycles. The number of amides is 2. The summed E-state index contributed by atoms with van der Waals surface area (Å²) in [6.45, 7) is 6.41. The fourth-order valence-corrected chi connectivity index (χ4v) is 4.68. The minimum absolute atomic E-state index is 0.00944. The molecule has 2 amide bonds. The van der Waals surface area contributed by atoms with Crippen molar-refractivity contribution in [2.75, 3.05) is 25.0 Å². The Balaban J connectivity index is 1.36. The van der Waals surface area contributed by atoms with Gasteiger partial charge in [-0.3, -0.25) is 9.59 Å². The molecule has 1 aliphatic rings. The molecule has 1 fully saturated rings. The van der Waals surface area contributed by atoms with E-state index in [4.69, 9.17) is 5.73 Å². The van der Waals surface area contributed by atoms with E-state index in [1.165, 1.54) is 11.6 Å². The molecule has 0 aliphatic carbocycles. The maximum Gasteiger partial charge on any atom is 0.257 e. The maximum atomic E-state index is 14.3. The number of hydrogen-bond donors (Lipinski definition) is 2. The van der Waals surface area contributed by atoms with Gasteiger partial charge in [-0.15, -0.1) is 0 Å². The largest absolute Gasteiger partial charge is 0.369 e. The van der Waals surface area contributed by atoms with Crippen molar-refractivity contribution < 1.29 is 14.0 Å². The molecule has 1 aromatic heterocycles. The summed E-state index contributed by atoms with van der Waals surface area (Å²) < 4.78 is 16.1. The minimum Gasteiger partial charge on any atom is -0.369 e. The second-order valence-corrected chi connectivity index (χ2v) is 8.99. The lowest BCUT2D eigenvalue weighted by Gasteiger charge is -2.30. The summed E-state index contributed by atoms with van der Waals surface area (Å²) in [5.74, 6) is -0.730. The third-order valence-corrected chi connectivity index (χ3v) is 6.69. The smallest absolute Gasteiger partial charge is 0.257 e. The van der Waals surface area contributed by atoms with E-state index in [0.29, 0.717) is 22.6 Å². The number of carbonyl (C=O) groups excluding carboxylic acids is 2. The standard InChI is InChI=1S/C27H31FN4O2/c1-18-17-23(19(2)32(18)25-6-4-3-5-24(25)28)27(34)30-22-9-7-20(8-10-22)11-14-31-15-12-21(13-16-31)26(29)33/h3-10,17,21H,11-16H2,1-2H3,(H2,29,33)(H,30,34). The van der Waals surface area contributed by atoms with E-state index >= 15 is 0 Å². The molecule has 0 saturated carbocycles. The Morgan fingerprint density at radius 3 is 2.38 bits per heavy atom. The molecule has 3 aromatic rings. The summed E-state index contributed by atoms with van der Waals surface area (Å²) in [5, 5.41) is 2.95. The van der Waals surface area contributed by atoms with Crippen molar-refractivity contribution in [3.63, 3.8) is 0 Å². The number of nitrogens with zero attached hydrogens (tertiary/aromatic N) is 2. The van der Waals surface area contributed by atoms with E-state index in [2.05, 4.69) is 10.2 Å². The Kier molecular flexibility index (Phi) is 7.12. The molecule has 6 nitrogen and oxygen atoms in total. The summed E-state index contributed by atoms with van der Waals surface area (Å²) in [4.78, 5) is 26.6. The van der Waals surface area contributed by atoms with Crippen LogP contribution in [0.15, 0.2) is 54.6 Å². The van der Waals surface area contributed by atoms with Crippen LogP contribution in [0.4, 0.5) is 10.1 Å². The highest BCUT2D eigenvalue weighted by molar-refractivity contribution is 6.05. The summed E-state index contributed by atoms with van der Waals surface area (Å²) in [5.41, 5.74) is 9.75. The van der Waals surface area contributed by atoms with Crippen molar-refractivity contribution >= 4 is 17.5 Å². The van der Waals surface area contributed by atoms with Gasteiger partial charge in [0.05, 0.1) is 11.3 Å². The van der Waals surface area contributed by atoms with Crippen LogP contribution in [0.1, 0.15) is 40.2 Å². The molecule has 0 unspecified atom stereocenters. The number of likely N-dealkylation sites (tertiary alicyclic amines) is 1. The molecule has 0 radical (unpaired) electrons. The summed E-state index contributed by atoms with van der Waals surface area (Å²) in [6.07, 6.45) is 2.56. The molecule has 0 spiro atoms. The molecule has 1 aliphatic heterocycles. The van der Waals surface area contributed by atoms with Gasteiger partial charge in [-0.2, -0.15) is 0 Å². The van der Waals surface area contributed by atoms with E-state index in [1.54, 1.807) is 28.8 Å². The Morgan fingerprint density at radius 2 is 1.74 bits per heavy atom. The Labute approximate surface area is 199 Å². The first-order valence-corrected chi connectivity index (χ1v) is 11.7. The number of para-hydroxylation sites is 1. The van der Waals surface area contributed by atoms with Gasteiger partial charge in [0, 0.05) is 29.5 Å². The van der Waals surface area contributed by atoms with Crippen molar-refractivity contribution in [1.29, 1.82) is 0 Å². The second kappa shape index (κ2) is 10.2. The van der Waals surface area contributed by atoms with Crippen molar-refractivity contribution in [2.24, 2.45) is 11.7 Å². The number of aryl methyl sites for hydroxylation is 1. The number of halogens is 1. The number of piperidine rings is 1. The molecule has 1 saturated heterocycles. The van der Waals surface area contributed by atoms with Gasteiger partial charge in [0.2, 0.25) is 5.91 Å². The number of rotatable bonds is 7. The first-order chi connectivity index (χ1) is 16.3. The topological polar surface area (TPSA) is 80.4 Å². The van der Waals surface area contributed by atoms with Crippen LogP contribution < -0.4 is 11.1 Å². The summed E-state index contributed by atoms with van der Waals surface area (Å²) in [7, 11) is 0. The molecule has 0 atom stereocenters. The van der Waals surface area contributed by atoms with Gasteiger partial charge in [0.1, 0.15) is 5.82 Å². The highest BCUT2D eigenvalue weighted by Crippen LogP contribution is 2.24. The van der Waals surface area contributed by atoms with Crippen molar-refractivity contribution in [3.8, 4) is 5.69 Å². The van der Waals surface area contributed by atoms with E-state index < -0.39 is 0 Å². The zero-order valence-electron chi connectivity index (χ0n) is 19.7. The lowest BCUT2D eigenvalue weighted by molar-refractivity contribution is -0.123. The summed E-state index contributed by atoms with van der Waals surface area (Å²) in [6, 6.07) is 16.2. The highest BCUT2D eigenvalue weighted by atomic mass is 19.1. The average molecular weight is 463 g/mol. The van der Waals surface area contributed by atoms with Gasteiger partial charge >= 0.3 is 0 Å². The van der Waals surface area contributed by atoms with Crippen molar-refractivity contribution in [3.05, 3.63) is 82.9 Å². The number of carbonyl (C=O) groups is 2. The lowest BCUT2D eigenvalue weighted by Crippen LogP contribution is -2.39. The van der Waals surface area contributed by atoms with E-state index in [1.807, 2.05) is 38.1 Å². The van der Waals surface area contributed by atoms with Crippen molar-refractivity contribution in [1.82, 2.24) is 9.47 Å². The van der Waals surface area contributed by atoms with E-state index in [-0.39, 0.29) is 23.5 Å². The monoisotopic (exact) mass is 462 g/mol. The SMILES string of the molecule is Cc1cc(C(=O)Nc2ccc(CCN3CCC(C(N)=O)CC3)cc2)c(C)n1-c1ccccc1F. The predicted octanol–water partition coefficient (Wildman–Crippen LogP) is 4.23. The molecular weight excluding hydrogens is 431 g/mol. The Morgan fingerprint density at radius 1 is 1.06 bits per heavy atom. The second-order valence-electron chi connectivity index (χ2n) is 8.99. The van der Waals surface area contributed by atoms with Crippen LogP contribution in [0, 0.1) is 25.6 Å². The fourth-order valence-electron chi connectivity index (χ4n) is 4.68. The number of primary amides is 1. The van der Waals surface area contributed by atoms with Gasteiger partial charge in [-0.25, -0.2) is 4.39 Å². The Hall–Kier alpha value is -3.45. The molecular formula is C27H31FN4O2. The van der Waals surface area contributed by atoms with Crippen LogP contribution >= 0.6 is 0 Å². The van der Waals surface area contributed by atoms with Gasteiger partial charge in [-0.1, -0.05) is 24.3 Å². The van der Waals surface area contributed by atoms with Crippen LogP contribution in [-0.4, -0.2) is 40.9 Å². The molecule has 0 bridgehead atoms. The number of nitrogens with one attached hydrogen (secondary N) is 1.